The lowest BCUT2D eigenvalue weighted by Gasteiger charge is -2.11. The third-order valence-electron chi connectivity index (χ3n) is 2.86. The molecular formula is C14H21NO2. The van der Waals surface area contributed by atoms with Gasteiger partial charge in [-0.3, -0.25) is 4.79 Å². The number of carbonyl (C=O) groups excluding carboxylic acids is 1. The zero-order chi connectivity index (χ0) is 12.7. The average molecular weight is 235 g/mol. The molecule has 1 aromatic carbocycles. The number of Topliss-reactive ketones (excluding diaryl/α,β-unsaturated/α-hetero) is 1. The monoisotopic (exact) mass is 235 g/mol. The normalized spacial score (nSPS) is 12.4. The molecule has 3 heteroatoms. The van der Waals surface area contributed by atoms with Gasteiger partial charge in [0.15, 0.2) is 0 Å². The van der Waals surface area contributed by atoms with Crippen molar-refractivity contribution in [2.45, 2.75) is 38.7 Å². The van der Waals surface area contributed by atoms with Crippen LogP contribution in [0, 0.1) is 0 Å². The molecule has 0 radical (unpaired) electrons. The van der Waals surface area contributed by atoms with Gasteiger partial charge in [-0.05, 0) is 30.5 Å². The maximum Gasteiger partial charge on any atom is 0.132 e. The Morgan fingerprint density at radius 2 is 2.24 bits per heavy atom. The predicted octanol–water partition coefficient (Wildman–Crippen LogP) is 1.98. The van der Waals surface area contributed by atoms with Crippen molar-refractivity contribution in [1.82, 2.24) is 0 Å². The van der Waals surface area contributed by atoms with Crippen molar-refractivity contribution < 1.29 is 9.90 Å². The molecule has 0 saturated carbocycles. The van der Waals surface area contributed by atoms with E-state index in [0.717, 1.165) is 17.5 Å². The Morgan fingerprint density at radius 1 is 1.47 bits per heavy atom. The van der Waals surface area contributed by atoms with E-state index in [1.807, 2.05) is 31.2 Å². The molecule has 0 aliphatic carbocycles. The fourth-order valence-corrected chi connectivity index (χ4v) is 1.74. The number of hydrogen-bond donors (Lipinski definition) is 2. The number of aliphatic hydroxyl groups excluding tert-OH is 1. The maximum absolute atomic E-state index is 11.2. The third-order valence-corrected chi connectivity index (χ3v) is 2.86. The van der Waals surface area contributed by atoms with Gasteiger partial charge in [-0.1, -0.05) is 31.2 Å². The van der Waals surface area contributed by atoms with Crippen LogP contribution in [0.15, 0.2) is 24.3 Å². The third kappa shape index (κ3) is 4.67. The van der Waals surface area contributed by atoms with Gasteiger partial charge in [0.2, 0.25) is 0 Å². The van der Waals surface area contributed by atoms with E-state index in [9.17, 15) is 9.90 Å². The molecule has 0 saturated heterocycles. The average Bonchev–Trinajstić information content (AvgIpc) is 2.36. The van der Waals surface area contributed by atoms with Crippen LogP contribution in [0.5, 0.6) is 0 Å². The van der Waals surface area contributed by atoms with Gasteiger partial charge in [-0.2, -0.15) is 0 Å². The molecule has 0 fully saturated rings. The minimum absolute atomic E-state index is 0.276. The number of ketones is 1. The topological polar surface area (TPSA) is 63.3 Å². The van der Waals surface area contributed by atoms with E-state index < -0.39 is 6.10 Å². The van der Waals surface area contributed by atoms with E-state index in [1.165, 1.54) is 0 Å². The van der Waals surface area contributed by atoms with Crippen LogP contribution in [-0.4, -0.2) is 17.4 Å². The second kappa shape index (κ2) is 7.20. The second-order valence-electron chi connectivity index (χ2n) is 4.23. The van der Waals surface area contributed by atoms with Crippen molar-refractivity contribution in [3.05, 3.63) is 35.4 Å². The van der Waals surface area contributed by atoms with Gasteiger partial charge in [-0.15, -0.1) is 0 Å². The standard InChI is InChI=1S/C14H21NO2/c1-2-13(16)7-6-11-4-3-5-12(10-11)14(17)8-9-15/h3-5,10,14,17H,2,6-9,15H2,1H3. The molecule has 1 aromatic rings. The van der Waals surface area contributed by atoms with Gasteiger partial charge in [0.1, 0.15) is 5.78 Å². The minimum atomic E-state index is -0.498. The minimum Gasteiger partial charge on any atom is -0.388 e. The number of rotatable bonds is 7. The summed E-state index contributed by atoms with van der Waals surface area (Å²) in [6, 6.07) is 7.76. The first-order chi connectivity index (χ1) is 8.17. The number of nitrogens with two attached hydrogens (primary N) is 1. The Kier molecular flexibility index (Phi) is 5.87. The summed E-state index contributed by atoms with van der Waals surface area (Å²) in [6.45, 7) is 2.35. The molecule has 0 bridgehead atoms. The van der Waals surface area contributed by atoms with Crippen molar-refractivity contribution in [3.8, 4) is 0 Å². The van der Waals surface area contributed by atoms with E-state index in [0.29, 0.717) is 25.8 Å². The largest absolute Gasteiger partial charge is 0.388 e. The molecular weight excluding hydrogens is 214 g/mol. The number of carbonyl (C=O) groups is 1. The van der Waals surface area contributed by atoms with E-state index in [2.05, 4.69) is 0 Å². The number of benzene rings is 1. The fraction of sp³-hybridized carbons (Fsp3) is 0.500. The number of aliphatic hydroxyl groups is 1. The van der Waals surface area contributed by atoms with Crippen LogP contribution >= 0.6 is 0 Å². The highest BCUT2D eigenvalue weighted by atomic mass is 16.3. The smallest absolute Gasteiger partial charge is 0.132 e. The van der Waals surface area contributed by atoms with Gasteiger partial charge in [0.25, 0.3) is 0 Å². The highest BCUT2D eigenvalue weighted by Gasteiger charge is 2.07. The summed E-state index contributed by atoms with van der Waals surface area (Å²) in [7, 11) is 0. The highest BCUT2D eigenvalue weighted by molar-refractivity contribution is 5.78. The van der Waals surface area contributed by atoms with Gasteiger partial charge in [0, 0.05) is 12.8 Å². The summed E-state index contributed by atoms with van der Waals surface area (Å²) in [4.78, 5) is 11.2. The maximum atomic E-state index is 11.2. The van der Waals surface area contributed by atoms with Crippen LogP contribution in [0.3, 0.4) is 0 Å². The predicted molar refractivity (Wildman–Crippen MR) is 68.7 cm³/mol. The first kappa shape index (κ1) is 13.9. The summed E-state index contributed by atoms with van der Waals surface area (Å²) in [5.41, 5.74) is 7.40. The second-order valence-corrected chi connectivity index (χ2v) is 4.23. The molecule has 0 heterocycles. The summed E-state index contributed by atoms with van der Waals surface area (Å²) in [6.07, 6.45) is 1.98. The Bertz CT molecular complexity index is 363. The van der Waals surface area contributed by atoms with Crippen LogP contribution in [0.4, 0.5) is 0 Å². The van der Waals surface area contributed by atoms with Crippen molar-refractivity contribution >= 4 is 5.78 Å². The first-order valence-corrected chi connectivity index (χ1v) is 6.16. The highest BCUT2D eigenvalue weighted by Crippen LogP contribution is 2.18. The molecule has 94 valence electrons. The van der Waals surface area contributed by atoms with Crippen LogP contribution < -0.4 is 5.73 Å². The number of aryl methyl sites for hydroxylation is 1. The molecule has 1 unspecified atom stereocenters. The summed E-state index contributed by atoms with van der Waals surface area (Å²) >= 11 is 0. The van der Waals surface area contributed by atoms with E-state index >= 15 is 0 Å². The van der Waals surface area contributed by atoms with Crippen LogP contribution in [0.1, 0.15) is 43.4 Å². The van der Waals surface area contributed by atoms with Crippen LogP contribution in [-0.2, 0) is 11.2 Å². The molecule has 0 aromatic heterocycles. The molecule has 0 aliphatic heterocycles. The Hall–Kier alpha value is -1.19. The quantitative estimate of drug-likeness (QED) is 0.759. The van der Waals surface area contributed by atoms with Crippen molar-refractivity contribution in [3.63, 3.8) is 0 Å². The summed E-state index contributed by atoms with van der Waals surface area (Å²) < 4.78 is 0. The van der Waals surface area contributed by atoms with Gasteiger partial charge in [0.05, 0.1) is 6.10 Å². The number of hydrogen-bond acceptors (Lipinski definition) is 3. The van der Waals surface area contributed by atoms with Gasteiger partial charge >= 0.3 is 0 Å². The summed E-state index contributed by atoms with van der Waals surface area (Å²) in [5, 5.41) is 9.82. The zero-order valence-corrected chi connectivity index (χ0v) is 10.4. The molecule has 0 amide bonds. The first-order valence-electron chi connectivity index (χ1n) is 6.16. The lowest BCUT2D eigenvalue weighted by atomic mass is 10.0. The molecule has 0 spiro atoms. The van der Waals surface area contributed by atoms with Crippen LogP contribution in [0.2, 0.25) is 0 Å². The SMILES string of the molecule is CCC(=O)CCc1cccc(C(O)CCN)c1. The zero-order valence-electron chi connectivity index (χ0n) is 10.4. The van der Waals surface area contributed by atoms with Crippen molar-refractivity contribution in [1.29, 1.82) is 0 Å². The molecule has 1 atom stereocenters. The van der Waals surface area contributed by atoms with Crippen molar-refractivity contribution in [2.75, 3.05) is 6.54 Å². The molecule has 3 N–H and O–H groups in total. The van der Waals surface area contributed by atoms with Gasteiger partial charge < -0.3 is 10.8 Å². The Balaban J connectivity index is 2.62. The van der Waals surface area contributed by atoms with Gasteiger partial charge in [-0.25, -0.2) is 0 Å². The molecule has 1 rings (SSSR count). The molecule has 17 heavy (non-hydrogen) atoms. The fourth-order valence-electron chi connectivity index (χ4n) is 1.74. The Morgan fingerprint density at radius 3 is 2.88 bits per heavy atom. The van der Waals surface area contributed by atoms with Crippen LogP contribution in [0.25, 0.3) is 0 Å². The van der Waals surface area contributed by atoms with Crippen molar-refractivity contribution in [2.24, 2.45) is 5.73 Å². The van der Waals surface area contributed by atoms with E-state index in [4.69, 9.17) is 5.73 Å². The lowest BCUT2D eigenvalue weighted by Crippen LogP contribution is -2.07. The summed E-state index contributed by atoms with van der Waals surface area (Å²) in [5.74, 6) is 0.276. The lowest BCUT2D eigenvalue weighted by molar-refractivity contribution is -0.118. The van der Waals surface area contributed by atoms with E-state index in [-0.39, 0.29) is 5.78 Å². The molecule has 3 nitrogen and oxygen atoms in total. The van der Waals surface area contributed by atoms with E-state index in [1.54, 1.807) is 0 Å². The molecule has 0 aliphatic rings. The Labute approximate surface area is 103 Å².